The molecule has 5 nitrogen and oxygen atoms in total. The lowest BCUT2D eigenvalue weighted by Crippen LogP contribution is -2.15. The van der Waals surface area contributed by atoms with Crippen molar-refractivity contribution >= 4 is 20.2 Å². The lowest BCUT2D eigenvalue weighted by molar-refractivity contribution is 0.462. The Morgan fingerprint density at radius 3 is 2.00 bits per heavy atom. The Balaban J connectivity index is 3.09. The predicted molar refractivity (Wildman–Crippen MR) is 58.9 cm³/mol. The molecule has 0 atom stereocenters. The van der Waals surface area contributed by atoms with Crippen molar-refractivity contribution in [3.8, 4) is 0 Å². The van der Waals surface area contributed by atoms with Gasteiger partial charge < -0.3 is 0 Å². The molecular formula is C9H12O5S2. The van der Waals surface area contributed by atoms with Gasteiger partial charge in [0, 0.05) is 0 Å². The second-order valence-electron chi connectivity index (χ2n) is 3.18. The first-order chi connectivity index (χ1) is 7.27. The van der Waals surface area contributed by atoms with Crippen LogP contribution in [0.1, 0.15) is 12.5 Å². The first kappa shape index (κ1) is 13.1. The highest BCUT2D eigenvalue weighted by molar-refractivity contribution is 7.99. The molecule has 0 spiro atoms. The van der Waals surface area contributed by atoms with E-state index in [1.165, 1.54) is 19.1 Å². The highest BCUT2D eigenvalue weighted by atomic mass is 32.3. The van der Waals surface area contributed by atoms with Gasteiger partial charge >= 0.3 is 10.1 Å². The van der Waals surface area contributed by atoms with Crippen LogP contribution in [0.2, 0.25) is 0 Å². The van der Waals surface area contributed by atoms with Gasteiger partial charge in [0.25, 0.3) is 10.1 Å². The fraction of sp³-hybridized carbons (Fsp3) is 0.333. The summed E-state index contributed by atoms with van der Waals surface area (Å²) in [6.45, 7) is 3.10. The maximum Gasteiger partial charge on any atom is 0.311 e. The van der Waals surface area contributed by atoms with Gasteiger partial charge in [-0.2, -0.15) is 16.8 Å². The molecule has 0 aliphatic heterocycles. The summed E-state index contributed by atoms with van der Waals surface area (Å²) >= 11 is 0. The summed E-state index contributed by atoms with van der Waals surface area (Å²) < 4.78 is 49.3. The van der Waals surface area contributed by atoms with E-state index in [-0.39, 0.29) is 4.90 Å². The van der Waals surface area contributed by atoms with Crippen LogP contribution in [-0.2, 0) is 23.9 Å². The molecule has 16 heavy (non-hydrogen) atoms. The smallest absolute Gasteiger partial charge is 0.198 e. The van der Waals surface area contributed by atoms with Crippen LogP contribution < -0.4 is 0 Å². The summed E-state index contributed by atoms with van der Waals surface area (Å²) in [5.41, 5.74) is 0.872. The average Bonchev–Trinajstić information content (AvgIpc) is 2.17. The van der Waals surface area contributed by atoms with E-state index >= 15 is 0 Å². The monoisotopic (exact) mass is 264 g/mol. The zero-order valence-electron chi connectivity index (χ0n) is 8.87. The van der Waals surface area contributed by atoms with Crippen LogP contribution in [0.4, 0.5) is 0 Å². The molecule has 0 heterocycles. The van der Waals surface area contributed by atoms with Gasteiger partial charge in [0.1, 0.15) is 0 Å². The van der Waals surface area contributed by atoms with Crippen molar-refractivity contribution in [2.24, 2.45) is 0 Å². The molecule has 0 amide bonds. The molecule has 0 unspecified atom stereocenters. The molecule has 0 aromatic heterocycles. The third kappa shape index (κ3) is 3.29. The van der Waals surface area contributed by atoms with Gasteiger partial charge in [0.15, 0.2) is 0 Å². The first-order valence-corrected chi connectivity index (χ1v) is 7.51. The van der Waals surface area contributed by atoms with Crippen molar-refractivity contribution in [3.05, 3.63) is 29.8 Å². The van der Waals surface area contributed by atoms with Gasteiger partial charge in [-0.05, 0) is 26.0 Å². The Bertz CT molecular complexity index is 554. The summed E-state index contributed by atoms with van der Waals surface area (Å²) in [6, 6.07) is 5.73. The molecule has 0 fully saturated rings. The third-order valence-electron chi connectivity index (χ3n) is 1.86. The minimum atomic E-state index is -4.23. The lowest BCUT2D eigenvalue weighted by Gasteiger charge is -2.04. The van der Waals surface area contributed by atoms with E-state index in [0.29, 0.717) is 0 Å². The summed E-state index contributed by atoms with van der Waals surface area (Å²) in [5, 5.41) is 0. The quantitative estimate of drug-likeness (QED) is 0.812. The Hall–Kier alpha value is -0.920. The number of rotatable bonds is 4. The molecule has 0 N–H and O–H groups in total. The lowest BCUT2D eigenvalue weighted by atomic mass is 10.2. The summed E-state index contributed by atoms with van der Waals surface area (Å²) in [6.07, 6.45) is 0. The standard InChI is InChI=1S/C9H12O5S2/c1-3-15(10,11)14-16(12,13)9-6-4-8(2)5-7-9/h4-7H,3H2,1-2H3. The summed E-state index contributed by atoms with van der Waals surface area (Å²) in [5.74, 6) is -0.391. The van der Waals surface area contributed by atoms with Gasteiger partial charge in [-0.1, -0.05) is 17.7 Å². The zero-order valence-corrected chi connectivity index (χ0v) is 10.5. The van der Waals surface area contributed by atoms with Crippen molar-refractivity contribution in [2.75, 3.05) is 5.75 Å². The minimum Gasteiger partial charge on any atom is -0.198 e. The van der Waals surface area contributed by atoms with Gasteiger partial charge in [-0.3, -0.25) is 0 Å². The van der Waals surface area contributed by atoms with Crippen molar-refractivity contribution in [1.82, 2.24) is 0 Å². The van der Waals surface area contributed by atoms with Gasteiger partial charge in [0.2, 0.25) is 0 Å². The molecule has 0 aliphatic rings. The van der Waals surface area contributed by atoms with Gasteiger partial charge in [0.05, 0.1) is 10.6 Å². The van der Waals surface area contributed by atoms with E-state index in [2.05, 4.69) is 3.63 Å². The van der Waals surface area contributed by atoms with Gasteiger partial charge in [-0.25, -0.2) is 0 Å². The largest absolute Gasteiger partial charge is 0.311 e. The van der Waals surface area contributed by atoms with Crippen molar-refractivity contribution in [1.29, 1.82) is 0 Å². The van der Waals surface area contributed by atoms with E-state index in [9.17, 15) is 16.8 Å². The topological polar surface area (TPSA) is 77.5 Å². The molecular weight excluding hydrogens is 252 g/mol. The van der Waals surface area contributed by atoms with Crippen LogP contribution in [0.5, 0.6) is 0 Å². The minimum absolute atomic E-state index is 0.171. The average molecular weight is 264 g/mol. The Labute approximate surface area is 95.3 Å². The zero-order chi connectivity index (χ0) is 12.4. The van der Waals surface area contributed by atoms with Crippen LogP contribution >= 0.6 is 0 Å². The van der Waals surface area contributed by atoms with Crippen LogP contribution in [0.3, 0.4) is 0 Å². The molecule has 7 heteroatoms. The number of hydrogen-bond acceptors (Lipinski definition) is 5. The Morgan fingerprint density at radius 1 is 1.06 bits per heavy atom. The van der Waals surface area contributed by atoms with Crippen molar-refractivity contribution in [3.63, 3.8) is 0 Å². The highest BCUT2D eigenvalue weighted by Gasteiger charge is 2.23. The fourth-order valence-electron chi connectivity index (χ4n) is 0.929. The third-order valence-corrected chi connectivity index (χ3v) is 4.96. The van der Waals surface area contributed by atoms with E-state index in [1.54, 1.807) is 19.1 Å². The van der Waals surface area contributed by atoms with E-state index in [1.807, 2.05) is 0 Å². The molecule has 1 aromatic carbocycles. The molecule has 1 aromatic rings. The SMILES string of the molecule is CCS(=O)(=O)OS(=O)(=O)c1ccc(C)cc1. The predicted octanol–water partition coefficient (Wildman–Crippen LogP) is 1.05. The fourth-order valence-corrected chi connectivity index (χ4v) is 3.19. The van der Waals surface area contributed by atoms with Gasteiger partial charge in [-0.15, -0.1) is 3.63 Å². The summed E-state index contributed by atoms with van der Waals surface area (Å²) in [4.78, 5) is -0.171. The Morgan fingerprint density at radius 2 is 1.56 bits per heavy atom. The van der Waals surface area contributed by atoms with Crippen LogP contribution in [-0.4, -0.2) is 22.6 Å². The normalized spacial score (nSPS) is 12.6. The molecule has 0 saturated carbocycles. The second kappa shape index (κ2) is 4.52. The maximum atomic E-state index is 11.5. The highest BCUT2D eigenvalue weighted by Crippen LogP contribution is 2.15. The van der Waals surface area contributed by atoms with E-state index < -0.39 is 26.0 Å². The molecule has 0 saturated heterocycles. The van der Waals surface area contributed by atoms with Crippen LogP contribution in [0.15, 0.2) is 29.2 Å². The van der Waals surface area contributed by atoms with E-state index in [4.69, 9.17) is 0 Å². The molecule has 0 bridgehead atoms. The van der Waals surface area contributed by atoms with Crippen LogP contribution in [0, 0.1) is 6.92 Å². The number of hydrogen-bond donors (Lipinski definition) is 0. The Kier molecular flexibility index (Phi) is 3.72. The molecule has 0 radical (unpaired) electrons. The van der Waals surface area contributed by atoms with Crippen molar-refractivity contribution in [2.45, 2.75) is 18.7 Å². The molecule has 1 rings (SSSR count). The number of benzene rings is 1. The first-order valence-electron chi connectivity index (χ1n) is 4.52. The maximum absolute atomic E-state index is 11.5. The number of aryl methyl sites for hydroxylation is 1. The summed E-state index contributed by atoms with van der Waals surface area (Å²) in [7, 11) is -8.26. The molecule has 0 aliphatic carbocycles. The second-order valence-corrected chi connectivity index (χ2v) is 6.80. The van der Waals surface area contributed by atoms with Crippen LogP contribution in [0.25, 0.3) is 0 Å². The van der Waals surface area contributed by atoms with Crippen molar-refractivity contribution < 1.29 is 20.5 Å². The molecule has 90 valence electrons. The van der Waals surface area contributed by atoms with E-state index in [0.717, 1.165) is 5.56 Å².